The Balaban J connectivity index is 4.41. The van der Waals surface area contributed by atoms with Crippen molar-refractivity contribution in [3.05, 3.63) is 0 Å². The maximum atomic E-state index is 8.61. The molecule has 54 valence electrons. The van der Waals surface area contributed by atoms with Gasteiger partial charge in [-0.1, -0.05) is 20.3 Å². The highest BCUT2D eigenvalue weighted by molar-refractivity contribution is 5.12. The van der Waals surface area contributed by atoms with Crippen LogP contribution in [0.1, 0.15) is 27.2 Å². The monoisotopic (exact) mass is 136 g/mol. The molecule has 0 aliphatic carbocycles. The predicted octanol–water partition coefficient (Wildman–Crippen LogP) is 2.09. The minimum absolute atomic E-state index is 0.155. The average Bonchev–Trinajstić information content (AvgIpc) is 2.01. The second-order valence-corrected chi connectivity index (χ2v) is 2.74. The Morgan fingerprint density at radius 1 is 1.40 bits per heavy atom. The van der Waals surface area contributed by atoms with Crippen molar-refractivity contribution in [2.45, 2.75) is 27.2 Å². The lowest BCUT2D eigenvalue weighted by molar-refractivity contribution is 0.363. The van der Waals surface area contributed by atoms with Gasteiger partial charge in [-0.3, -0.25) is 0 Å². The molecule has 1 unspecified atom stereocenters. The lowest BCUT2D eigenvalue weighted by Gasteiger charge is -2.18. The van der Waals surface area contributed by atoms with Gasteiger partial charge in [-0.2, -0.15) is 10.5 Å². The second kappa shape index (κ2) is 3.22. The molecule has 0 aromatic rings. The van der Waals surface area contributed by atoms with Crippen LogP contribution in [0.15, 0.2) is 0 Å². The Hall–Kier alpha value is -1.02. The molecule has 2 nitrogen and oxygen atoms in total. The summed E-state index contributed by atoms with van der Waals surface area (Å²) in [4.78, 5) is 0. The molecule has 0 fully saturated rings. The quantitative estimate of drug-likeness (QED) is 0.583. The molecule has 0 aliphatic rings. The molecule has 0 radical (unpaired) electrons. The molecule has 0 aromatic heterocycles. The van der Waals surface area contributed by atoms with E-state index in [1.54, 1.807) is 6.92 Å². The fourth-order valence-electron chi connectivity index (χ4n) is 0.654. The molecule has 0 saturated carbocycles. The molecule has 0 aliphatic heterocycles. The molecule has 0 N–H and O–H groups in total. The van der Waals surface area contributed by atoms with Crippen molar-refractivity contribution in [3.8, 4) is 12.1 Å². The van der Waals surface area contributed by atoms with E-state index in [-0.39, 0.29) is 5.92 Å². The number of hydrogen-bond donors (Lipinski definition) is 0. The first-order valence-corrected chi connectivity index (χ1v) is 3.43. The van der Waals surface area contributed by atoms with Gasteiger partial charge in [0.2, 0.25) is 0 Å². The van der Waals surface area contributed by atoms with Crippen molar-refractivity contribution in [2.24, 2.45) is 11.3 Å². The minimum atomic E-state index is -0.797. The van der Waals surface area contributed by atoms with Gasteiger partial charge in [0.05, 0.1) is 12.1 Å². The Morgan fingerprint density at radius 3 is 1.90 bits per heavy atom. The van der Waals surface area contributed by atoms with Crippen molar-refractivity contribution < 1.29 is 0 Å². The van der Waals surface area contributed by atoms with E-state index in [0.29, 0.717) is 0 Å². The minimum Gasteiger partial charge on any atom is -0.197 e. The Kier molecular flexibility index (Phi) is 2.90. The zero-order valence-corrected chi connectivity index (χ0v) is 6.68. The molecule has 0 saturated heterocycles. The second-order valence-electron chi connectivity index (χ2n) is 2.74. The zero-order valence-electron chi connectivity index (χ0n) is 6.68. The molecule has 10 heavy (non-hydrogen) atoms. The summed E-state index contributed by atoms with van der Waals surface area (Å²) in [5, 5.41) is 17.2. The predicted molar refractivity (Wildman–Crippen MR) is 38.8 cm³/mol. The van der Waals surface area contributed by atoms with Gasteiger partial charge in [-0.25, -0.2) is 0 Å². The Labute approximate surface area is 62.1 Å². The molecule has 0 rings (SSSR count). The van der Waals surface area contributed by atoms with Gasteiger partial charge < -0.3 is 0 Å². The van der Waals surface area contributed by atoms with Gasteiger partial charge in [-0.05, 0) is 12.8 Å². The van der Waals surface area contributed by atoms with Crippen molar-refractivity contribution in [2.75, 3.05) is 0 Å². The van der Waals surface area contributed by atoms with Crippen LogP contribution in [-0.2, 0) is 0 Å². The van der Waals surface area contributed by atoms with Gasteiger partial charge in [0.25, 0.3) is 0 Å². The van der Waals surface area contributed by atoms with E-state index >= 15 is 0 Å². The summed E-state index contributed by atoms with van der Waals surface area (Å²) in [6.45, 7) is 5.59. The van der Waals surface area contributed by atoms with Crippen LogP contribution in [0.5, 0.6) is 0 Å². The summed E-state index contributed by atoms with van der Waals surface area (Å²) in [6.07, 6.45) is 0.873. The first-order valence-electron chi connectivity index (χ1n) is 3.43. The molecule has 0 bridgehead atoms. The summed E-state index contributed by atoms with van der Waals surface area (Å²) < 4.78 is 0. The molecular weight excluding hydrogens is 124 g/mol. The topological polar surface area (TPSA) is 47.6 Å². The van der Waals surface area contributed by atoms with Crippen LogP contribution in [0.2, 0.25) is 0 Å². The third-order valence-corrected chi connectivity index (χ3v) is 2.06. The van der Waals surface area contributed by atoms with Gasteiger partial charge >= 0.3 is 0 Å². The van der Waals surface area contributed by atoms with Crippen molar-refractivity contribution in [3.63, 3.8) is 0 Å². The van der Waals surface area contributed by atoms with Crippen LogP contribution in [0.25, 0.3) is 0 Å². The molecule has 0 amide bonds. The van der Waals surface area contributed by atoms with E-state index < -0.39 is 5.41 Å². The molecule has 2 heteroatoms. The summed E-state index contributed by atoms with van der Waals surface area (Å²) in [6, 6.07) is 4.04. The fourth-order valence-corrected chi connectivity index (χ4v) is 0.654. The van der Waals surface area contributed by atoms with Gasteiger partial charge in [0.1, 0.15) is 5.41 Å². The van der Waals surface area contributed by atoms with Crippen LogP contribution in [-0.4, -0.2) is 0 Å². The zero-order chi connectivity index (χ0) is 8.20. The summed E-state index contributed by atoms with van der Waals surface area (Å²) in [5.74, 6) is 0.155. The van der Waals surface area contributed by atoms with Crippen LogP contribution in [0.3, 0.4) is 0 Å². The molecule has 1 atom stereocenters. The van der Waals surface area contributed by atoms with Crippen molar-refractivity contribution in [1.82, 2.24) is 0 Å². The van der Waals surface area contributed by atoms with E-state index in [1.807, 2.05) is 26.0 Å². The first-order chi connectivity index (χ1) is 4.60. The third kappa shape index (κ3) is 1.48. The molecule has 0 heterocycles. The van der Waals surface area contributed by atoms with E-state index in [4.69, 9.17) is 10.5 Å². The summed E-state index contributed by atoms with van der Waals surface area (Å²) >= 11 is 0. The third-order valence-electron chi connectivity index (χ3n) is 2.06. The number of nitriles is 2. The maximum absolute atomic E-state index is 8.61. The average molecular weight is 136 g/mol. The first kappa shape index (κ1) is 8.98. The standard InChI is InChI=1S/C8H12N2/c1-4-7(2)8(3,5-9)6-10/h7H,4H2,1-3H3. The van der Waals surface area contributed by atoms with Crippen LogP contribution in [0.4, 0.5) is 0 Å². The van der Waals surface area contributed by atoms with Gasteiger partial charge in [0, 0.05) is 0 Å². The molecule has 0 spiro atoms. The number of nitrogens with zero attached hydrogens (tertiary/aromatic N) is 2. The summed E-state index contributed by atoms with van der Waals surface area (Å²) in [5.41, 5.74) is -0.797. The van der Waals surface area contributed by atoms with Crippen molar-refractivity contribution >= 4 is 0 Å². The van der Waals surface area contributed by atoms with Gasteiger partial charge in [-0.15, -0.1) is 0 Å². The Morgan fingerprint density at radius 2 is 1.80 bits per heavy atom. The Bertz CT molecular complexity index is 168. The summed E-state index contributed by atoms with van der Waals surface area (Å²) in [7, 11) is 0. The molecular formula is C8H12N2. The number of rotatable bonds is 2. The van der Waals surface area contributed by atoms with E-state index in [1.165, 1.54) is 0 Å². The SMILES string of the molecule is CCC(C)C(C)(C#N)C#N. The smallest absolute Gasteiger partial charge is 0.143 e. The van der Waals surface area contributed by atoms with E-state index in [0.717, 1.165) is 6.42 Å². The fraction of sp³-hybridized carbons (Fsp3) is 0.750. The highest BCUT2D eigenvalue weighted by atomic mass is 14.4. The highest BCUT2D eigenvalue weighted by Crippen LogP contribution is 2.27. The van der Waals surface area contributed by atoms with E-state index in [9.17, 15) is 0 Å². The lowest BCUT2D eigenvalue weighted by atomic mass is 9.79. The highest BCUT2D eigenvalue weighted by Gasteiger charge is 2.29. The lowest BCUT2D eigenvalue weighted by Crippen LogP contribution is -2.20. The van der Waals surface area contributed by atoms with Gasteiger partial charge in [0.15, 0.2) is 0 Å². The number of hydrogen-bond acceptors (Lipinski definition) is 2. The largest absolute Gasteiger partial charge is 0.197 e. The van der Waals surface area contributed by atoms with Crippen LogP contribution >= 0.6 is 0 Å². The van der Waals surface area contributed by atoms with Crippen LogP contribution < -0.4 is 0 Å². The van der Waals surface area contributed by atoms with Crippen LogP contribution in [0, 0.1) is 34.0 Å². The molecule has 0 aromatic carbocycles. The van der Waals surface area contributed by atoms with E-state index in [2.05, 4.69) is 0 Å². The maximum Gasteiger partial charge on any atom is 0.143 e. The normalized spacial score (nSPS) is 13.3. The van der Waals surface area contributed by atoms with Crippen molar-refractivity contribution in [1.29, 1.82) is 10.5 Å².